The molecule has 1 unspecified atom stereocenters. The Morgan fingerprint density at radius 1 is 1.65 bits per heavy atom. The van der Waals surface area contributed by atoms with Crippen LogP contribution < -0.4 is 5.73 Å². The number of aliphatic imine (C=N–C) groups is 1. The van der Waals surface area contributed by atoms with E-state index in [1.807, 2.05) is 7.05 Å². The maximum atomic E-state index is 12.9. The van der Waals surface area contributed by atoms with E-state index in [1.165, 1.54) is 18.9 Å². The van der Waals surface area contributed by atoms with Gasteiger partial charge in [-0.05, 0) is 20.4 Å². The van der Waals surface area contributed by atoms with Crippen molar-refractivity contribution < 1.29 is 9.18 Å². The van der Waals surface area contributed by atoms with Crippen LogP contribution in [0.4, 0.5) is 4.39 Å². The minimum absolute atomic E-state index is 0.0178. The molecule has 20 heavy (non-hydrogen) atoms. The van der Waals surface area contributed by atoms with Crippen LogP contribution in [0.5, 0.6) is 0 Å². The molecule has 0 radical (unpaired) electrons. The number of nitrogens with two attached hydrogens (primary N) is 1. The minimum atomic E-state index is -1.11. The van der Waals surface area contributed by atoms with E-state index in [0.717, 1.165) is 13.0 Å². The summed E-state index contributed by atoms with van der Waals surface area (Å²) in [4.78, 5) is 19.7. The molecule has 0 saturated heterocycles. The van der Waals surface area contributed by atoms with Crippen molar-refractivity contribution in [1.29, 1.82) is 0 Å². The van der Waals surface area contributed by atoms with Gasteiger partial charge in [-0.1, -0.05) is 11.6 Å². The Labute approximate surface area is 124 Å². The Balaban J connectivity index is 2.87. The highest BCUT2D eigenvalue weighted by molar-refractivity contribution is 6.45. The molecule has 5 nitrogen and oxygen atoms in total. The minimum Gasteiger partial charge on any atom is -0.393 e. The van der Waals surface area contributed by atoms with Crippen molar-refractivity contribution in [2.75, 3.05) is 40.3 Å². The maximum absolute atomic E-state index is 12.9. The van der Waals surface area contributed by atoms with Crippen molar-refractivity contribution in [3.05, 3.63) is 10.7 Å². The average Bonchev–Trinajstić information content (AvgIpc) is 2.60. The summed E-state index contributed by atoms with van der Waals surface area (Å²) in [7, 11) is 3.45. The fraction of sp³-hybridized carbons (Fsp3) is 0.692. The fourth-order valence-corrected chi connectivity index (χ4v) is 2.19. The molecular weight excluding hydrogens is 283 g/mol. The second-order valence-corrected chi connectivity index (χ2v) is 5.49. The van der Waals surface area contributed by atoms with Crippen LogP contribution in [0.25, 0.3) is 0 Å². The Bertz CT molecular complexity index is 423. The van der Waals surface area contributed by atoms with Gasteiger partial charge in [0.15, 0.2) is 0 Å². The Hall–Kier alpha value is -1.14. The molecule has 0 saturated carbocycles. The lowest BCUT2D eigenvalue weighted by atomic mass is 10.2. The summed E-state index contributed by atoms with van der Waals surface area (Å²) in [6.07, 6.45) is -0.172. The third-order valence-electron chi connectivity index (χ3n) is 3.01. The standard InChI is InChI=1S/C13H22ClFN4O/c1-9(15)7-19(3)13(20)12(16)11(14)10-8-18(2)6-4-5-17-10/h9H,4-8,16H2,1-3H3/b12-11+. The molecule has 0 fully saturated rings. The molecular formula is C13H22ClFN4O. The zero-order valence-corrected chi connectivity index (χ0v) is 13.0. The second-order valence-electron chi connectivity index (χ2n) is 5.11. The number of rotatable bonds is 4. The summed E-state index contributed by atoms with van der Waals surface area (Å²) >= 11 is 6.18. The highest BCUT2D eigenvalue weighted by atomic mass is 35.5. The molecule has 7 heteroatoms. The largest absolute Gasteiger partial charge is 0.393 e. The van der Waals surface area contributed by atoms with Crippen LogP contribution in [0.2, 0.25) is 0 Å². The first-order valence-corrected chi connectivity index (χ1v) is 6.97. The smallest absolute Gasteiger partial charge is 0.271 e. The van der Waals surface area contributed by atoms with Gasteiger partial charge < -0.3 is 15.5 Å². The number of amides is 1. The normalized spacial score (nSPS) is 19.8. The lowest BCUT2D eigenvalue weighted by molar-refractivity contribution is -0.126. The molecule has 0 bridgehead atoms. The molecule has 1 atom stereocenters. The van der Waals surface area contributed by atoms with Gasteiger partial charge in [-0.25, -0.2) is 4.39 Å². The predicted octanol–water partition coefficient (Wildman–Crippen LogP) is 0.988. The number of hydrogen-bond acceptors (Lipinski definition) is 4. The van der Waals surface area contributed by atoms with Gasteiger partial charge >= 0.3 is 0 Å². The van der Waals surface area contributed by atoms with E-state index in [4.69, 9.17) is 17.3 Å². The number of hydrogen-bond donors (Lipinski definition) is 1. The Kier molecular flexibility index (Phi) is 6.42. The number of nitrogens with zero attached hydrogens (tertiary/aromatic N) is 3. The molecule has 114 valence electrons. The van der Waals surface area contributed by atoms with Crippen molar-refractivity contribution in [3.8, 4) is 0 Å². The third kappa shape index (κ3) is 4.76. The lowest BCUT2D eigenvalue weighted by Gasteiger charge is -2.19. The Morgan fingerprint density at radius 2 is 2.30 bits per heavy atom. The van der Waals surface area contributed by atoms with E-state index >= 15 is 0 Å². The molecule has 0 aromatic heterocycles. The van der Waals surface area contributed by atoms with Crippen LogP contribution in [0.3, 0.4) is 0 Å². The lowest BCUT2D eigenvalue weighted by Crippen LogP contribution is -2.36. The zero-order valence-electron chi connectivity index (χ0n) is 12.2. The molecule has 1 aliphatic heterocycles. The van der Waals surface area contributed by atoms with Gasteiger partial charge in [0.25, 0.3) is 5.91 Å². The van der Waals surface area contributed by atoms with Gasteiger partial charge in [0.2, 0.25) is 0 Å². The molecule has 0 spiro atoms. The average molecular weight is 305 g/mol. The molecule has 1 aliphatic rings. The van der Waals surface area contributed by atoms with Gasteiger partial charge in [-0.3, -0.25) is 9.79 Å². The first kappa shape index (κ1) is 16.9. The number of likely N-dealkylation sites (N-methyl/N-ethyl adjacent to an activating group) is 1. The van der Waals surface area contributed by atoms with Crippen molar-refractivity contribution in [1.82, 2.24) is 9.80 Å². The summed E-state index contributed by atoms with van der Waals surface area (Å²) in [5, 5.41) is 0.169. The molecule has 0 aliphatic carbocycles. The molecule has 1 amide bonds. The van der Waals surface area contributed by atoms with Crippen LogP contribution in [0.1, 0.15) is 13.3 Å². The second kappa shape index (κ2) is 7.59. The zero-order chi connectivity index (χ0) is 15.3. The van der Waals surface area contributed by atoms with Crippen molar-refractivity contribution >= 4 is 23.2 Å². The number of halogens is 2. The van der Waals surface area contributed by atoms with Crippen LogP contribution in [-0.4, -0.2) is 67.9 Å². The van der Waals surface area contributed by atoms with Crippen molar-refractivity contribution in [3.63, 3.8) is 0 Å². The highest BCUT2D eigenvalue weighted by Crippen LogP contribution is 2.14. The van der Waals surface area contributed by atoms with E-state index in [0.29, 0.717) is 18.8 Å². The van der Waals surface area contributed by atoms with Gasteiger partial charge in [0, 0.05) is 26.7 Å². The topological polar surface area (TPSA) is 61.9 Å². The summed E-state index contributed by atoms with van der Waals surface area (Å²) < 4.78 is 12.9. The number of carbonyl (C=O) groups is 1. The van der Waals surface area contributed by atoms with Gasteiger partial charge in [-0.2, -0.15) is 0 Å². The first-order valence-electron chi connectivity index (χ1n) is 6.60. The third-order valence-corrected chi connectivity index (χ3v) is 3.43. The SMILES string of the molecule is CC(F)CN(C)C(=O)/C(N)=C(\Cl)C1=NCCCN(C)C1. The van der Waals surface area contributed by atoms with Crippen LogP contribution >= 0.6 is 11.6 Å². The van der Waals surface area contributed by atoms with Crippen LogP contribution in [0.15, 0.2) is 15.7 Å². The van der Waals surface area contributed by atoms with Crippen molar-refractivity contribution in [2.45, 2.75) is 19.5 Å². The highest BCUT2D eigenvalue weighted by Gasteiger charge is 2.21. The maximum Gasteiger partial charge on any atom is 0.271 e. The van der Waals surface area contributed by atoms with Gasteiger partial charge in [0.1, 0.15) is 11.9 Å². The molecule has 2 N–H and O–H groups in total. The molecule has 0 aromatic rings. The van der Waals surface area contributed by atoms with Gasteiger partial charge in [0.05, 0.1) is 17.3 Å². The van der Waals surface area contributed by atoms with E-state index in [9.17, 15) is 9.18 Å². The van der Waals surface area contributed by atoms with E-state index in [1.54, 1.807) is 0 Å². The predicted molar refractivity (Wildman–Crippen MR) is 79.7 cm³/mol. The molecule has 0 aromatic carbocycles. The van der Waals surface area contributed by atoms with E-state index in [-0.39, 0.29) is 17.3 Å². The van der Waals surface area contributed by atoms with Gasteiger partial charge in [-0.15, -0.1) is 0 Å². The summed E-state index contributed by atoms with van der Waals surface area (Å²) in [6, 6.07) is 0. The van der Waals surface area contributed by atoms with Crippen LogP contribution in [0, 0.1) is 0 Å². The first-order chi connectivity index (χ1) is 9.32. The Morgan fingerprint density at radius 3 is 2.90 bits per heavy atom. The summed E-state index contributed by atoms with van der Waals surface area (Å²) in [5.41, 5.74) is 6.33. The quantitative estimate of drug-likeness (QED) is 0.788. The van der Waals surface area contributed by atoms with Crippen LogP contribution in [-0.2, 0) is 4.79 Å². The molecule has 1 rings (SSSR count). The summed E-state index contributed by atoms with van der Waals surface area (Å²) in [5.74, 6) is -0.478. The number of carbonyl (C=O) groups excluding carboxylic acids is 1. The molecule has 1 heterocycles. The fourth-order valence-electron chi connectivity index (χ4n) is 1.99. The van der Waals surface area contributed by atoms with Crippen molar-refractivity contribution in [2.24, 2.45) is 10.7 Å². The summed E-state index contributed by atoms with van der Waals surface area (Å²) in [6.45, 7) is 3.50. The number of alkyl halides is 1. The van der Waals surface area contributed by atoms with E-state index in [2.05, 4.69) is 9.89 Å². The monoisotopic (exact) mass is 304 g/mol. The van der Waals surface area contributed by atoms with E-state index < -0.39 is 12.1 Å².